The number of rotatable bonds is 5. The fourth-order valence-corrected chi connectivity index (χ4v) is 2.28. The highest BCUT2D eigenvalue weighted by Crippen LogP contribution is 2.23. The molecular weight excluding hydrogens is 369 g/mol. The van der Waals surface area contributed by atoms with E-state index in [-0.39, 0.29) is 29.9 Å². The minimum absolute atomic E-state index is 0. The van der Waals surface area contributed by atoms with Crippen molar-refractivity contribution in [2.45, 2.75) is 52.0 Å². The number of guanidine groups is 1. The smallest absolute Gasteiger partial charge is 0.307 e. The van der Waals surface area contributed by atoms with Gasteiger partial charge in [0.25, 0.3) is 0 Å². The van der Waals surface area contributed by atoms with E-state index in [0.29, 0.717) is 19.0 Å². The molecule has 0 atom stereocenters. The lowest BCUT2D eigenvalue weighted by molar-refractivity contribution is -0.140. The number of halogens is 1. The minimum atomic E-state index is -0.217. The summed E-state index contributed by atoms with van der Waals surface area (Å²) in [6.45, 7) is 5.64. The molecule has 0 aromatic rings. The molecule has 0 bridgehead atoms. The van der Waals surface area contributed by atoms with Gasteiger partial charge in [-0.25, -0.2) is 0 Å². The molecule has 1 aliphatic rings. The lowest BCUT2D eigenvalue weighted by Gasteiger charge is -2.28. The van der Waals surface area contributed by atoms with Crippen LogP contribution in [-0.2, 0) is 9.53 Å². The fourth-order valence-electron chi connectivity index (χ4n) is 2.28. The van der Waals surface area contributed by atoms with E-state index in [1.807, 2.05) is 6.92 Å². The zero-order valence-corrected chi connectivity index (χ0v) is 15.1. The summed E-state index contributed by atoms with van der Waals surface area (Å²) in [6.07, 6.45) is 5.28. The van der Waals surface area contributed by atoms with Crippen molar-refractivity contribution >= 4 is 35.9 Å². The summed E-state index contributed by atoms with van der Waals surface area (Å²) in [5.74, 6) is 1.44. The molecule has 0 amide bonds. The second kappa shape index (κ2) is 11.2. The molecule has 1 saturated carbocycles. The zero-order chi connectivity index (χ0) is 14.1. The van der Waals surface area contributed by atoms with Gasteiger partial charge in [0.05, 0.1) is 20.1 Å². The molecule has 0 spiro atoms. The summed E-state index contributed by atoms with van der Waals surface area (Å²) in [5.41, 5.74) is 0. The maximum absolute atomic E-state index is 11.0. The molecule has 2 N–H and O–H groups in total. The van der Waals surface area contributed by atoms with E-state index in [1.54, 1.807) is 0 Å². The molecule has 6 heteroatoms. The predicted octanol–water partition coefficient (Wildman–Crippen LogP) is 2.30. The normalized spacial score (nSPS) is 22.6. The Labute approximate surface area is 139 Å². The molecule has 1 fully saturated rings. The Bertz CT molecular complexity index is 303. The first kappa shape index (κ1) is 19.5. The molecule has 0 aliphatic heterocycles. The number of nitrogens with one attached hydrogen (secondary N) is 2. The molecule has 118 valence electrons. The molecule has 0 aromatic carbocycles. The predicted molar refractivity (Wildman–Crippen MR) is 92.6 cm³/mol. The number of carbonyl (C=O) groups excluding carboxylic acids is 1. The summed E-state index contributed by atoms with van der Waals surface area (Å²) < 4.78 is 4.60. The SMILES string of the molecule is CCNC(=NCCC(=O)OC)NC1CCC(C)CC1.I. The number of methoxy groups -OCH3 is 1. The summed E-state index contributed by atoms with van der Waals surface area (Å²) >= 11 is 0. The highest BCUT2D eigenvalue weighted by molar-refractivity contribution is 14.0. The van der Waals surface area contributed by atoms with E-state index < -0.39 is 0 Å². The Hall–Kier alpha value is -0.530. The van der Waals surface area contributed by atoms with Crippen LogP contribution in [0, 0.1) is 5.92 Å². The highest BCUT2D eigenvalue weighted by Gasteiger charge is 2.18. The van der Waals surface area contributed by atoms with Gasteiger partial charge >= 0.3 is 5.97 Å². The van der Waals surface area contributed by atoms with Crippen LogP contribution in [0.4, 0.5) is 0 Å². The minimum Gasteiger partial charge on any atom is -0.469 e. The van der Waals surface area contributed by atoms with Crippen LogP contribution in [0.25, 0.3) is 0 Å². The summed E-state index contributed by atoms with van der Waals surface area (Å²) in [4.78, 5) is 15.5. The van der Waals surface area contributed by atoms with Crippen LogP contribution >= 0.6 is 24.0 Å². The molecule has 0 radical (unpaired) electrons. The Morgan fingerprint density at radius 2 is 1.95 bits per heavy atom. The van der Waals surface area contributed by atoms with Crippen molar-refractivity contribution in [1.29, 1.82) is 0 Å². The third-order valence-electron chi connectivity index (χ3n) is 3.51. The van der Waals surface area contributed by atoms with Gasteiger partial charge in [-0.1, -0.05) is 6.92 Å². The maximum Gasteiger partial charge on any atom is 0.307 e. The van der Waals surface area contributed by atoms with Crippen LogP contribution < -0.4 is 10.6 Å². The first-order valence-electron chi connectivity index (χ1n) is 7.27. The molecule has 0 aromatic heterocycles. The molecule has 1 aliphatic carbocycles. The van der Waals surface area contributed by atoms with Gasteiger partial charge in [0.1, 0.15) is 0 Å². The van der Waals surface area contributed by atoms with Gasteiger partial charge in [-0.3, -0.25) is 9.79 Å². The third kappa shape index (κ3) is 7.91. The first-order chi connectivity index (χ1) is 9.15. The van der Waals surface area contributed by atoms with Gasteiger partial charge in [-0.05, 0) is 38.5 Å². The largest absolute Gasteiger partial charge is 0.469 e. The van der Waals surface area contributed by atoms with Crippen LogP contribution in [0.5, 0.6) is 0 Å². The molecule has 1 rings (SSSR count). The Kier molecular flexibility index (Phi) is 10.9. The molecule has 0 unspecified atom stereocenters. The number of esters is 1. The van der Waals surface area contributed by atoms with Gasteiger partial charge in [-0.2, -0.15) is 0 Å². The van der Waals surface area contributed by atoms with Crippen molar-refractivity contribution < 1.29 is 9.53 Å². The lowest BCUT2D eigenvalue weighted by Crippen LogP contribution is -2.44. The number of nitrogens with zero attached hydrogens (tertiary/aromatic N) is 1. The summed E-state index contributed by atoms with van der Waals surface area (Å²) in [6, 6.07) is 0.507. The zero-order valence-electron chi connectivity index (χ0n) is 12.8. The van der Waals surface area contributed by atoms with E-state index in [2.05, 4.69) is 27.3 Å². The molecule has 20 heavy (non-hydrogen) atoms. The Balaban J connectivity index is 0.00000361. The van der Waals surface area contributed by atoms with Crippen molar-refractivity contribution in [1.82, 2.24) is 10.6 Å². The third-order valence-corrected chi connectivity index (χ3v) is 3.51. The van der Waals surface area contributed by atoms with E-state index in [1.165, 1.54) is 32.8 Å². The quantitative estimate of drug-likeness (QED) is 0.324. The lowest BCUT2D eigenvalue weighted by atomic mass is 9.87. The van der Waals surface area contributed by atoms with Crippen molar-refractivity contribution in [2.75, 3.05) is 20.2 Å². The van der Waals surface area contributed by atoms with Crippen LogP contribution in [0.1, 0.15) is 46.0 Å². The van der Waals surface area contributed by atoms with Crippen molar-refractivity contribution in [3.8, 4) is 0 Å². The fraction of sp³-hybridized carbons (Fsp3) is 0.857. The summed E-state index contributed by atoms with van der Waals surface area (Å²) in [7, 11) is 1.40. The van der Waals surface area contributed by atoms with Gasteiger partial charge in [0, 0.05) is 12.6 Å². The van der Waals surface area contributed by atoms with Crippen molar-refractivity contribution in [3.05, 3.63) is 0 Å². The number of aliphatic imine (C=N–C) groups is 1. The maximum atomic E-state index is 11.0. The van der Waals surface area contributed by atoms with Crippen molar-refractivity contribution in [3.63, 3.8) is 0 Å². The van der Waals surface area contributed by atoms with Crippen LogP contribution in [0.3, 0.4) is 0 Å². The van der Waals surface area contributed by atoms with Gasteiger partial charge in [0.15, 0.2) is 5.96 Å². The summed E-state index contributed by atoms with van der Waals surface area (Å²) in [5, 5.41) is 6.68. The molecule has 5 nitrogen and oxygen atoms in total. The second-order valence-corrected chi connectivity index (χ2v) is 5.19. The average molecular weight is 397 g/mol. The Morgan fingerprint density at radius 1 is 1.30 bits per heavy atom. The van der Waals surface area contributed by atoms with E-state index in [4.69, 9.17) is 0 Å². The van der Waals surface area contributed by atoms with E-state index >= 15 is 0 Å². The van der Waals surface area contributed by atoms with E-state index in [9.17, 15) is 4.79 Å². The Morgan fingerprint density at radius 3 is 2.50 bits per heavy atom. The number of hydrogen-bond acceptors (Lipinski definition) is 3. The standard InChI is InChI=1S/C14H27N3O2.HI/c1-4-15-14(16-10-9-13(18)19-3)17-12-7-5-11(2)6-8-12;/h11-12H,4-10H2,1-3H3,(H2,15,16,17);1H. The monoisotopic (exact) mass is 397 g/mol. The van der Waals surface area contributed by atoms with Crippen molar-refractivity contribution in [2.24, 2.45) is 10.9 Å². The molecule has 0 heterocycles. The van der Waals surface area contributed by atoms with Crippen LogP contribution in [0.15, 0.2) is 4.99 Å². The van der Waals surface area contributed by atoms with Crippen LogP contribution in [0.2, 0.25) is 0 Å². The van der Waals surface area contributed by atoms with Gasteiger partial charge in [0.2, 0.25) is 0 Å². The highest BCUT2D eigenvalue weighted by atomic mass is 127. The average Bonchev–Trinajstić information content (AvgIpc) is 2.41. The second-order valence-electron chi connectivity index (χ2n) is 5.19. The van der Waals surface area contributed by atoms with Crippen LogP contribution in [-0.4, -0.2) is 38.2 Å². The number of ether oxygens (including phenoxy) is 1. The number of hydrogen-bond donors (Lipinski definition) is 2. The molecule has 0 saturated heterocycles. The van der Waals surface area contributed by atoms with E-state index in [0.717, 1.165) is 18.4 Å². The van der Waals surface area contributed by atoms with Gasteiger partial charge < -0.3 is 15.4 Å². The number of carbonyl (C=O) groups is 1. The first-order valence-corrected chi connectivity index (χ1v) is 7.27. The topological polar surface area (TPSA) is 62.7 Å². The van der Waals surface area contributed by atoms with Gasteiger partial charge in [-0.15, -0.1) is 24.0 Å². The molecular formula is C14H28IN3O2.